The van der Waals surface area contributed by atoms with Crippen LogP contribution in [0.4, 0.5) is 0 Å². The summed E-state index contributed by atoms with van der Waals surface area (Å²) >= 11 is 0. The molecule has 0 saturated carbocycles. The van der Waals surface area contributed by atoms with Crippen LogP contribution in [0.1, 0.15) is 26.7 Å². The van der Waals surface area contributed by atoms with Crippen LogP contribution in [-0.4, -0.2) is 20.3 Å². The maximum atomic E-state index is 5.41. The Hall–Kier alpha value is -0.0151. The van der Waals surface area contributed by atoms with E-state index < -0.39 is 0 Å². The molecule has 0 bridgehead atoms. The average molecular weight is 142 g/mol. The Morgan fingerprint density at radius 1 is 1.40 bits per heavy atom. The molecule has 0 aromatic heterocycles. The largest absolute Gasteiger partial charge is 0.459 e. The lowest BCUT2D eigenvalue weighted by Gasteiger charge is -2.23. The highest BCUT2D eigenvalue weighted by Gasteiger charge is 2.27. The van der Waals surface area contributed by atoms with Gasteiger partial charge in [0, 0.05) is 13.2 Å². The van der Waals surface area contributed by atoms with Gasteiger partial charge < -0.3 is 9.31 Å². The SMILES string of the molecule is CC[C@@H](C)B1OCCCO1. The standard InChI is InChI=1S/C7H15BO2/c1-3-7(2)8-9-5-4-6-10-8/h7H,3-6H2,1-2H3/t7-/m1/s1. The highest BCUT2D eigenvalue weighted by molar-refractivity contribution is 6.46. The average Bonchev–Trinajstić information content (AvgIpc) is 2.05. The molecule has 1 fully saturated rings. The first-order valence-electron chi connectivity index (χ1n) is 4.07. The minimum atomic E-state index is 0.0683. The van der Waals surface area contributed by atoms with E-state index in [1.54, 1.807) is 0 Å². The van der Waals surface area contributed by atoms with Crippen LogP contribution in [0.5, 0.6) is 0 Å². The number of hydrogen-bond acceptors (Lipinski definition) is 2. The topological polar surface area (TPSA) is 18.5 Å². The van der Waals surface area contributed by atoms with Gasteiger partial charge in [0.1, 0.15) is 0 Å². The lowest BCUT2D eigenvalue weighted by molar-refractivity contribution is 0.127. The molecule has 1 atom stereocenters. The van der Waals surface area contributed by atoms with Gasteiger partial charge in [-0.25, -0.2) is 0 Å². The van der Waals surface area contributed by atoms with Gasteiger partial charge >= 0.3 is 7.12 Å². The zero-order valence-electron chi connectivity index (χ0n) is 6.80. The lowest BCUT2D eigenvalue weighted by Crippen LogP contribution is -2.32. The summed E-state index contributed by atoms with van der Waals surface area (Å²) in [6.07, 6.45) is 2.18. The van der Waals surface area contributed by atoms with Crippen molar-refractivity contribution in [2.45, 2.75) is 32.5 Å². The van der Waals surface area contributed by atoms with E-state index in [-0.39, 0.29) is 7.12 Å². The Kier molecular flexibility index (Phi) is 3.22. The number of hydrogen-bond donors (Lipinski definition) is 0. The van der Waals surface area contributed by atoms with E-state index in [9.17, 15) is 0 Å². The molecule has 10 heavy (non-hydrogen) atoms. The minimum Gasteiger partial charge on any atom is -0.411 e. The molecule has 0 amide bonds. The van der Waals surface area contributed by atoms with E-state index in [1.165, 1.54) is 0 Å². The normalized spacial score (nSPS) is 22.8. The summed E-state index contributed by atoms with van der Waals surface area (Å²) in [7, 11) is 0.0683. The van der Waals surface area contributed by atoms with Crippen LogP contribution in [0.25, 0.3) is 0 Å². The Bertz CT molecular complexity index is 91.6. The van der Waals surface area contributed by atoms with Gasteiger partial charge in [-0.05, 0) is 12.2 Å². The molecule has 1 aliphatic rings. The van der Waals surface area contributed by atoms with Gasteiger partial charge in [0.2, 0.25) is 0 Å². The van der Waals surface area contributed by atoms with Crippen LogP contribution in [-0.2, 0) is 9.31 Å². The molecular weight excluding hydrogens is 127 g/mol. The highest BCUT2D eigenvalue weighted by Crippen LogP contribution is 2.18. The molecule has 1 saturated heterocycles. The first-order valence-corrected chi connectivity index (χ1v) is 4.07. The molecule has 58 valence electrons. The van der Waals surface area contributed by atoms with Gasteiger partial charge in [0.05, 0.1) is 0 Å². The van der Waals surface area contributed by atoms with Crippen LogP contribution in [0, 0.1) is 0 Å². The fourth-order valence-corrected chi connectivity index (χ4v) is 1.03. The molecule has 2 nitrogen and oxygen atoms in total. The van der Waals surface area contributed by atoms with Crippen LogP contribution in [0.3, 0.4) is 0 Å². The van der Waals surface area contributed by atoms with Gasteiger partial charge in [0.15, 0.2) is 0 Å². The fraction of sp³-hybridized carbons (Fsp3) is 1.00. The Balaban J connectivity index is 2.24. The van der Waals surface area contributed by atoms with Gasteiger partial charge in [-0.1, -0.05) is 20.3 Å². The molecule has 0 aromatic rings. The molecule has 0 unspecified atom stereocenters. The number of rotatable bonds is 2. The maximum Gasteiger partial charge on any atom is 0.459 e. The summed E-state index contributed by atoms with van der Waals surface area (Å²) < 4.78 is 10.8. The Morgan fingerprint density at radius 2 is 2.00 bits per heavy atom. The molecule has 0 aliphatic carbocycles. The second-order valence-corrected chi connectivity index (χ2v) is 2.85. The molecule has 0 radical (unpaired) electrons. The first-order chi connectivity index (χ1) is 4.84. The highest BCUT2D eigenvalue weighted by atomic mass is 16.6. The molecule has 0 aromatic carbocycles. The molecule has 0 spiro atoms. The summed E-state index contributed by atoms with van der Waals surface area (Å²) in [5, 5.41) is 0. The summed E-state index contributed by atoms with van der Waals surface area (Å²) in [4.78, 5) is 0. The van der Waals surface area contributed by atoms with Gasteiger partial charge in [-0.15, -0.1) is 0 Å². The van der Waals surface area contributed by atoms with Gasteiger partial charge in [0.25, 0.3) is 0 Å². The summed E-state index contributed by atoms with van der Waals surface area (Å²) in [6.45, 7) is 6.06. The predicted molar refractivity (Wildman–Crippen MR) is 42.0 cm³/mol. The van der Waals surface area contributed by atoms with E-state index in [2.05, 4.69) is 13.8 Å². The summed E-state index contributed by atoms with van der Waals surface area (Å²) in [5.41, 5.74) is 0. The van der Waals surface area contributed by atoms with Crippen LogP contribution >= 0.6 is 0 Å². The molecule has 0 N–H and O–H groups in total. The van der Waals surface area contributed by atoms with E-state index >= 15 is 0 Å². The molecule has 1 aliphatic heterocycles. The van der Waals surface area contributed by atoms with Crippen molar-refractivity contribution in [2.24, 2.45) is 0 Å². The van der Waals surface area contributed by atoms with Crippen molar-refractivity contribution in [2.75, 3.05) is 13.2 Å². The smallest absolute Gasteiger partial charge is 0.411 e. The van der Waals surface area contributed by atoms with Crippen molar-refractivity contribution in [1.82, 2.24) is 0 Å². The van der Waals surface area contributed by atoms with Crippen LogP contribution in [0.15, 0.2) is 0 Å². The third-order valence-electron chi connectivity index (χ3n) is 1.96. The fourth-order valence-electron chi connectivity index (χ4n) is 1.03. The van der Waals surface area contributed by atoms with Gasteiger partial charge in [-0.3, -0.25) is 0 Å². The van der Waals surface area contributed by atoms with E-state index in [0.717, 1.165) is 26.1 Å². The van der Waals surface area contributed by atoms with Gasteiger partial charge in [-0.2, -0.15) is 0 Å². The quantitative estimate of drug-likeness (QED) is 0.546. The third kappa shape index (κ3) is 1.99. The van der Waals surface area contributed by atoms with Crippen molar-refractivity contribution in [1.29, 1.82) is 0 Å². The Morgan fingerprint density at radius 3 is 2.50 bits per heavy atom. The zero-order chi connectivity index (χ0) is 7.40. The van der Waals surface area contributed by atoms with Crippen LogP contribution in [0.2, 0.25) is 5.82 Å². The van der Waals surface area contributed by atoms with E-state index in [1.807, 2.05) is 0 Å². The predicted octanol–water partition coefficient (Wildman–Crippen LogP) is 1.71. The van der Waals surface area contributed by atoms with Crippen molar-refractivity contribution in [3.63, 3.8) is 0 Å². The zero-order valence-corrected chi connectivity index (χ0v) is 6.80. The second kappa shape index (κ2) is 3.99. The summed E-state index contributed by atoms with van der Waals surface area (Å²) in [5.74, 6) is 0.542. The van der Waals surface area contributed by atoms with E-state index in [4.69, 9.17) is 9.31 Å². The van der Waals surface area contributed by atoms with Crippen molar-refractivity contribution >= 4 is 7.12 Å². The monoisotopic (exact) mass is 142 g/mol. The summed E-state index contributed by atoms with van der Waals surface area (Å²) in [6, 6.07) is 0. The van der Waals surface area contributed by atoms with Crippen molar-refractivity contribution < 1.29 is 9.31 Å². The lowest BCUT2D eigenvalue weighted by atomic mass is 9.71. The Labute approximate surface area is 63.0 Å². The third-order valence-corrected chi connectivity index (χ3v) is 1.96. The van der Waals surface area contributed by atoms with Crippen molar-refractivity contribution in [3.05, 3.63) is 0 Å². The molecule has 3 heteroatoms. The molecule has 1 heterocycles. The maximum absolute atomic E-state index is 5.41. The van der Waals surface area contributed by atoms with E-state index in [0.29, 0.717) is 5.82 Å². The minimum absolute atomic E-state index is 0.0683. The first kappa shape index (κ1) is 8.09. The van der Waals surface area contributed by atoms with Crippen molar-refractivity contribution in [3.8, 4) is 0 Å². The second-order valence-electron chi connectivity index (χ2n) is 2.85. The molecule has 1 rings (SSSR count). The van der Waals surface area contributed by atoms with Crippen LogP contribution < -0.4 is 0 Å². The molecular formula is C7H15BO2.